The van der Waals surface area contributed by atoms with Gasteiger partial charge in [0.05, 0.1) is 18.8 Å². The second kappa shape index (κ2) is 5.68. The van der Waals surface area contributed by atoms with Crippen molar-refractivity contribution in [2.24, 2.45) is 0 Å². The molecule has 3 unspecified atom stereocenters. The number of nitrogens with zero attached hydrogens (tertiary/aromatic N) is 2. The minimum atomic E-state index is 0.126. The third kappa shape index (κ3) is 2.91. The van der Waals surface area contributed by atoms with Crippen molar-refractivity contribution in [3.63, 3.8) is 0 Å². The number of anilines is 1. The maximum absolute atomic E-state index is 12.6. The van der Waals surface area contributed by atoms with Gasteiger partial charge in [-0.3, -0.25) is 4.79 Å². The molecule has 1 aromatic rings. The Kier molecular flexibility index (Phi) is 3.89. The summed E-state index contributed by atoms with van der Waals surface area (Å²) >= 11 is 0. The van der Waals surface area contributed by atoms with Crippen LogP contribution in [0.25, 0.3) is 0 Å². The van der Waals surface area contributed by atoms with Crippen molar-refractivity contribution in [2.75, 3.05) is 24.5 Å². The molecule has 21 heavy (non-hydrogen) atoms. The quantitative estimate of drug-likeness (QED) is 0.835. The van der Waals surface area contributed by atoms with E-state index >= 15 is 0 Å². The zero-order chi connectivity index (χ0) is 15.0. The van der Waals surface area contributed by atoms with Crippen LogP contribution in [0.15, 0.2) is 24.3 Å². The summed E-state index contributed by atoms with van der Waals surface area (Å²) in [6, 6.07) is 8.80. The fourth-order valence-electron chi connectivity index (χ4n) is 3.50. The molecule has 1 aromatic carbocycles. The molecule has 1 fully saturated rings. The van der Waals surface area contributed by atoms with E-state index in [1.54, 1.807) is 0 Å². The number of carbonyl (C=O) groups excluding carboxylic acids is 1. The number of para-hydroxylation sites is 1. The minimum Gasteiger partial charge on any atom is -0.372 e. The van der Waals surface area contributed by atoms with Gasteiger partial charge in [-0.1, -0.05) is 18.2 Å². The normalized spacial score (nSPS) is 28.6. The molecule has 1 amide bonds. The van der Waals surface area contributed by atoms with E-state index in [0.717, 1.165) is 6.42 Å². The number of carbonyl (C=O) groups is 1. The predicted octanol–water partition coefficient (Wildman–Crippen LogP) is 2.07. The van der Waals surface area contributed by atoms with E-state index < -0.39 is 0 Å². The average Bonchev–Trinajstić information content (AvgIpc) is 2.74. The second-order valence-electron chi connectivity index (χ2n) is 6.37. The molecule has 2 aliphatic heterocycles. The Bertz CT molecular complexity index is 521. The summed E-state index contributed by atoms with van der Waals surface area (Å²) in [6.07, 6.45) is 1.28. The van der Waals surface area contributed by atoms with Crippen LogP contribution in [0.4, 0.5) is 5.69 Å². The van der Waals surface area contributed by atoms with E-state index in [4.69, 9.17) is 4.74 Å². The molecule has 1 saturated heterocycles. The highest BCUT2D eigenvalue weighted by Crippen LogP contribution is 2.31. The summed E-state index contributed by atoms with van der Waals surface area (Å²) in [5, 5.41) is 0. The zero-order valence-corrected chi connectivity index (χ0v) is 13.1. The predicted molar refractivity (Wildman–Crippen MR) is 83.5 cm³/mol. The molecule has 0 N–H and O–H groups in total. The highest BCUT2D eigenvalue weighted by atomic mass is 16.5. The molecule has 4 nitrogen and oxygen atoms in total. The lowest BCUT2D eigenvalue weighted by Gasteiger charge is -2.37. The van der Waals surface area contributed by atoms with Crippen molar-refractivity contribution in [2.45, 2.75) is 45.4 Å². The lowest BCUT2D eigenvalue weighted by atomic mass is 10.1. The highest BCUT2D eigenvalue weighted by Gasteiger charge is 2.31. The first kappa shape index (κ1) is 14.4. The molecule has 0 radical (unpaired) electrons. The van der Waals surface area contributed by atoms with Crippen LogP contribution in [-0.2, 0) is 16.0 Å². The van der Waals surface area contributed by atoms with Crippen LogP contribution in [0.2, 0.25) is 0 Å². The SMILES string of the molecule is CC1CN(C(=O)CN2c3ccccc3CC2C)CC(C)O1. The van der Waals surface area contributed by atoms with E-state index in [1.807, 2.05) is 24.8 Å². The van der Waals surface area contributed by atoms with E-state index in [0.29, 0.717) is 25.7 Å². The largest absolute Gasteiger partial charge is 0.372 e. The maximum Gasteiger partial charge on any atom is 0.242 e. The molecular formula is C17H24N2O2. The van der Waals surface area contributed by atoms with Crippen molar-refractivity contribution in [3.8, 4) is 0 Å². The van der Waals surface area contributed by atoms with Gasteiger partial charge in [-0.2, -0.15) is 0 Å². The van der Waals surface area contributed by atoms with Crippen molar-refractivity contribution >= 4 is 11.6 Å². The summed E-state index contributed by atoms with van der Waals surface area (Å²) in [5.41, 5.74) is 2.56. The van der Waals surface area contributed by atoms with Gasteiger partial charge in [0, 0.05) is 24.8 Å². The molecule has 4 heteroatoms. The van der Waals surface area contributed by atoms with Crippen LogP contribution >= 0.6 is 0 Å². The van der Waals surface area contributed by atoms with Crippen LogP contribution in [0.3, 0.4) is 0 Å². The van der Waals surface area contributed by atoms with Crippen LogP contribution in [0.5, 0.6) is 0 Å². The molecule has 0 spiro atoms. The van der Waals surface area contributed by atoms with E-state index in [-0.39, 0.29) is 18.1 Å². The van der Waals surface area contributed by atoms with Gasteiger partial charge < -0.3 is 14.5 Å². The third-order valence-corrected chi connectivity index (χ3v) is 4.43. The van der Waals surface area contributed by atoms with E-state index in [2.05, 4.69) is 30.0 Å². The fraction of sp³-hybridized carbons (Fsp3) is 0.588. The molecule has 2 heterocycles. The van der Waals surface area contributed by atoms with Gasteiger partial charge in [-0.15, -0.1) is 0 Å². The van der Waals surface area contributed by atoms with Crippen molar-refractivity contribution < 1.29 is 9.53 Å². The Labute approximate surface area is 126 Å². The summed E-state index contributed by atoms with van der Waals surface area (Å²) in [5.74, 6) is 0.209. The van der Waals surface area contributed by atoms with Gasteiger partial charge in [0.2, 0.25) is 5.91 Å². The van der Waals surface area contributed by atoms with Gasteiger partial charge in [0.15, 0.2) is 0 Å². The molecular weight excluding hydrogens is 264 g/mol. The van der Waals surface area contributed by atoms with Gasteiger partial charge >= 0.3 is 0 Å². The van der Waals surface area contributed by atoms with E-state index in [9.17, 15) is 4.79 Å². The lowest BCUT2D eigenvalue weighted by Crippen LogP contribution is -2.51. The summed E-state index contributed by atoms with van der Waals surface area (Å²) < 4.78 is 5.71. The Morgan fingerprint density at radius 3 is 2.57 bits per heavy atom. The van der Waals surface area contributed by atoms with Crippen LogP contribution in [0.1, 0.15) is 26.3 Å². The van der Waals surface area contributed by atoms with Crippen LogP contribution < -0.4 is 4.90 Å². The second-order valence-corrected chi connectivity index (χ2v) is 6.37. The lowest BCUT2D eigenvalue weighted by molar-refractivity contribution is -0.141. The number of ether oxygens (including phenoxy) is 1. The molecule has 114 valence electrons. The maximum atomic E-state index is 12.6. The number of hydrogen-bond donors (Lipinski definition) is 0. The Balaban J connectivity index is 1.70. The van der Waals surface area contributed by atoms with Gasteiger partial charge in [0.25, 0.3) is 0 Å². The molecule has 3 rings (SSSR count). The summed E-state index contributed by atoms with van der Waals surface area (Å²) in [6.45, 7) is 8.13. The molecule has 3 atom stereocenters. The van der Waals surface area contributed by atoms with Crippen LogP contribution in [-0.4, -0.2) is 48.7 Å². The molecule has 0 aliphatic carbocycles. The highest BCUT2D eigenvalue weighted by molar-refractivity contribution is 5.83. The topological polar surface area (TPSA) is 32.8 Å². The number of hydrogen-bond acceptors (Lipinski definition) is 3. The Morgan fingerprint density at radius 2 is 1.86 bits per heavy atom. The molecule has 2 aliphatic rings. The minimum absolute atomic E-state index is 0.126. The molecule has 0 aromatic heterocycles. The monoisotopic (exact) mass is 288 g/mol. The van der Waals surface area contributed by atoms with Crippen molar-refractivity contribution in [3.05, 3.63) is 29.8 Å². The number of benzene rings is 1. The van der Waals surface area contributed by atoms with Gasteiger partial charge in [-0.25, -0.2) is 0 Å². The molecule has 0 saturated carbocycles. The number of amides is 1. The van der Waals surface area contributed by atoms with Gasteiger partial charge in [0.1, 0.15) is 0 Å². The Hall–Kier alpha value is -1.55. The first-order valence-electron chi connectivity index (χ1n) is 7.82. The first-order valence-corrected chi connectivity index (χ1v) is 7.82. The Morgan fingerprint density at radius 1 is 1.19 bits per heavy atom. The van der Waals surface area contributed by atoms with Crippen molar-refractivity contribution in [1.29, 1.82) is 0 Å². The summed E-state index contributed by atoms with van der Waals surface area (Å²) in [7, 11) is 0. The van der Waals surface area contributed by atoms with Crippen molar-refractivity contribution in [1.82, 2.24) is 4.90 Å². The zero-order valence-electron chi connectivity index (χ0n) is 13.1. The summed E-state index contributed by atoms with van der Waals surface area (Å²) in [4.78, 5) is 16.8. The average molecular weight is 288 g/mol. The van der Waals surface area contributed by atoms with E-state index in [1.165, 1.54) is 11.3 Å². The standard InChI is InChI=1S/C17H24N2O2/c1-12-8-15-6-4-5-7-16(15)19(12)11-17(20)18-9-13(2)21-14(3)10-18/h4-7,12-14H,8-11H2,1-3H3. The fourth-order valence-corrected chi connectivity index (χ4v) is 3.50. The van der Waals surface area contributed by atoms with Gasteiger partial charge in [-0.05, 0) is 38.8 Å². The first-order chi connectivity index (χ1) is 10.0. The number of fused-ring (bicyclic) bond motifs is 1. The number of morpholine rings is 1. The number of rotatable bonds is 2. The molecule has 0 bridgehead atoms. The van der Waals surface area contributed by atoms with Crippen LogP contribution in [0, 0.1) is 0 Å². The third-order valence-electron chi connectivity index (χ3n) is 4.43. The smallest absolute Gasteiger partial charge is 0.242 e.